The summed E-state index contributed by atoms with van der Waals surface area (Å²) in [4.78, 5) is 0. The molecule has 192 valence electrons. The molecule has 0 heterocycles. The van der Waals surface area contributed by atoms with Gasteiger partial charge < -0.3 is 5.32 Å². The summed E-state index contributed by atoms with van der Waals surface area (Å²) in [5.41, 5.74) is 14.9. The average molecular weight is 514 g/mol. The molecule has 0 unspecified atom stereocenters. The second kappa shape index (κ2) is 9.70. The summed E-state index contributed by atoms with van der Waals surface area (Å²) < 4.78 is 0. The Balaban J connectivity index is 1.40. The Kier molecular flexibility index (Phi) is 5.86. The first-order chi connectivity index (χ1) is 19.6. The number of rotatable bonds is 5. The van der Waals surface area contributed by atoms with E-state index < -0.39 is 0 Å². The van der Waals surface area contributed by atoms with Crippen molar-refractivity contribution in [3.8, 4) is 44.5 Å². The molecule has 0 radical (unpaired) electrons. The van der Waals surface area contributed by atoms with Crippen molar-refractivity contribution in [2.45, 2.75) is 19.3 Å². The lowest BCUT2D eigenvalue weighted by atomic mass is 9.82. The number of fused-ring (bicyclic) bond motifs is 3. The quantitative estimate of drug-likeness (QED) is 0.242. The molecule has 1 N–H and O–H groups in total. The SMILES string of the molecule is CC1(C)c2ccccc2-c2ccc(Nc3cccc(-c4ccccc4)c3-c3ccccc3-c3ccccc3)cc21. The molecule has 0 amide bonds. The van der Waals surface area contributed by atoms with Crippen molar-refractivity contribution in [3.05, 3.63) is 157 Å². The standard InChI is InChI=1S/C39H31N/c1-39(2)35-22-12-11-19-32(35)33-25-24-29(26-36(33)39)40-37-23-13-21-31(28-16-7-4-8-17-28)38(37)34-20-10-9-18-30(34)27-14-5-3-6-15-27/h3-26,40H,1-2H3. The van der Waals surface area contributed by atoms with Gasteiger partial charge in [0.15, 0.2) is 0 Å². The van der Waals surface area contributed by atoms with Crippen LogP contribution in [0.25, 0.3) is 44.5 Å². The highest BCUT2D eigenvalue weighted by atomic mass is 14.9. The fourth-order valence-corrected chi connectivity index (χ4v) is 6.31. The molecule has 6 aromatic rings. The smallest absolute Gasteiger partial charge is 0.0470 e. The van der Waals surface area contributed by atoms with Gasteiger partial charge in [-0.3, -0.25) is 0 Å². The lowest BCUT2D eigenvalue weighted by Crippen LogP contribution is -2.15. The van der Waals surface area contributed by atoms with Gasteiger partial charge in [0.05, 0.1) is 0 Å². The Morgan fingerprint density at radius 1 is 0.425 bits per heavy atom. The fraction of sp³-hybridized carbons (Fsp3) is 0.0769. The third kappa shape index (κ3) is 4.03. The summed E-state index contributed by atoms with van der Waals surface area (Å²) in [5.74, 6) is 0. The highest BCUT2D eigenvalue weighted by Crippen LogP contribution is 2.50. The highest BCUT2D eigenvalue weighted by Gasteiger charge is 2.35. The van der Waals surface area contributed by atoms with Crippen LogP contribution in [0.15, 0.2) is 146 Å². The molecule has 6 aromatic carbocycles. The molecule has 0 saturated carbocycles. The number of benzene rings is 6. The average Bonchev–Trinajstić information content (AvgIpc) is 3.24. The topological polar surface area (TPSA) is 12.0 Å². The maximum Gasteiger partial charge on any atom is 0.0470 e. The summed E-state index contributed by atoms with van der Waals surface area (Å²) in [6, 6.07) is 52.4. The maximum atomic E-state index is 3.85. The molecular formula is C39H31N. The van der Waals surface area contributed by atoms with E-state index in [-0.39, 0.29) is 5.41 Å². The Hall–Kier alpha value is -4.88. The first kappa shape index (κ1) is 24.2. The number of hydrogen-bond acceptors (Lipinski definition) is 1. The van der Waals surface area contributed by atoms with Gasteiger partial charge in [-0.15, -0.1) is 0 Å². The second-order valence-corrected chi connectivity index (χ2v) is 11.1. The summed E-state index contributed by atoms with van der Waals surface area (Å²) in [5, 5.41) is 3.85. The third-order valence-electron chi connectivity index (χ3n) is 8.29. The zero-order valence-corrected chi connectivity index (χ0v) is 22.9. The van der Waals surface area contributed by atoms with Crippen molar-refractivity contribution < 1.29 is 0 Å². The maximum absolute atomic E-state index is 3.85. The third-order valence-corrected chi connectivity index (χ3v) is 8.29. The zero-order valence-electron chi connectivity index (χ0n) is 22.9. The minimum atomic E-state index is -0.0434. The fourth-order valence-electron chi connectivity index (χ4n) is 6.31. The van der Waals surface area contributed by atoms with E-state index in [0.717, 1.165) is 11.4 Å². The van der Waals surface area contributed by atoms with Gasteiger partial charge in [-0.05, 0) is 68.3 Å². The largest absolute Gasteiger partial charge is 0.355 e. The van der Waals surface area contributed by atoms with Crippen LogP contribution in [0, 0.1) is 0 Å². The predicted octanol–water partition coefficient (Wildman–Crippen LogP) is 10.7. The zero-order chi connectivity index (χ0) is 27.1. The second-order valence-electron chi connectivity index (χ2n) is 11.1. The van der Waals surface area contributed by atoms with E-state index in [1.807, 2.05) is 0 Å². The van der Waals surface area contributed by atoms with Gasteiger partial charge in [0.25, 0.3) is 0 Å². The van der Waals surface area contributed by atoms with Crippen LogP contribution in [0.4, 0.5) is 11.4 Å². The van der Waals surface area contributed by atoms with E-state index in [0.29, 0.717) is 0 Å². The first-order valence-electron chi connectivity index (χ1n) is 14.0. The van der Waals surface area contributed by atoms with Crippen molar-refractivity contribution in [3.63, 3.8) is 0 Å². The lowest BCUT2D eigenvalue weighted by molar-refractivity contribution is 0.660. The Morgan fingerprint density at radius 2 is 0.975 bits per heavy atom. The minimum absolute atomic E-state index is 0.0434. The number of hydrogen-bond donors (Lipinski definition) is 1. The molecule has 0 bridgehead atoms. The molecular weight excluding hydrogens is 482 g/mol. The van der Waals surface area contributed by atoms with Crippen LogP contribution < -0.4 is 5.32 Å². The van der Waals surface area contributed by atoms with Gasteiger partial charge in [0.1, 0.15) is 0 Å². The summed E-state index contributed by atoms with van der Waals surface area (Å²) in [6.07, 6.45) is 0. The number of nitrogens with one attached hydrogen (secondary N) is 1. The molecule has 0 spiro atoms. The van der Waals surface area contributed by atoms with Crippen LogP contribution in [-0.4, -0.2) is 0 Å². The molecule has 1 heteroatoms. The van der Waals surface area contributed by atoms with Crippen molar-refractivity contribution in [1.29, 1.82) is 0 Å². The van der Waals surface area contributed by atoms with Gasteiger partial charge in [-0.2, -0.15) is 0 Å². The van der Waals surface area contributed by atoms with Crippen LogP contribution in [0.2, 0.25) is 0 Å². The molecule has 40 heavy (non-hydrogen) atoms. The van der Waals surface area contributed by atoms with E-state index in [1.165, 1.54) is 55.6 Å². The van der Waals surface area contributed by atoms with Crippen LogP contribution in [0.5, 0.6) is 0 Å². The Morgan fingerprint density at radius 3 is 1.70 bits per heavy atom. The molecule has 0 aromatic heterocycles. The van der Waals surface area contributed by atoms with Crippen molar-refractivity contribution in [2.75, 3.05) is 5.32 Å². The lowest BCUT2D eigenvalue weighted by Gasteiger charge is -2.23. The van der Waals surface area contributed by atoms with Crippen molar-refractivity contribution >= 4 is 11.4 Å². The number of anilines is 2. The molecule has 0 fully saturated rings. The highest BCUT2D eigenvalue weighted by molar-refractivity contribution is 5.99. The molecule has 0 saturated heterocycles. The summed E-state index contributed by atoms with van der Waals surface area (Å²) in [6.45, 7) is 4.66. The first-order valence-corrected chi connectivity index (χ1v) is 14.0. The van der Waals surface area contributed by atoms with Gasteiger partial charge in [0.2, 0.25) is 0 Å². The molecule has 1 aliphatic rings. The normalized spacial score (nSPS) is 12.9. The van der Waals surface area contributed by atoms with Crippen LogP contribution in [0.1, 0.15) is 25.0 Å². The van der Waals surface area contributed by atoms with E-state index in [4.69, 9.17) is 0 Å². The van der Waals surface area contributed by atoms with E-state index in [9.17, 15) is 0 Å². The van der Waals surface area contributed by atoms with Crippen LogP contribution in [-0.2, 0) is 5.41 Å². The van der Waals surface area contributed by atoms with Gasteiger partial charge in [0, 0.05) is 22.4 Å². The van der Waals surface area contributed by atoms with E-state index in [2.05, 4.69) is 165 Å². The van der Waals surface area contributed by atoms with Gasteiger partial charge in [-0.1, -0.05) is 141 Å². The van der Waals surface area contributed by atoms with Crippen LogP contribution >= 0.6 is 0 Å². The minimum Gasteiger partial charge on any atom is -0.355 e. The Labute approximate surface area is 236 Å². The monoisotopic (exact) mass is 513 g/mol. The van der Waals surface area contributed by atoms with E-state index >= 15 is 0 Å². The van der Waals surface area contributed by atoms with Gasteiger partial charge in [-0.25, -0.2) is 0 Å². The molecule has 1 aliphatic carbocycles. The van der Waals surface area contributed by atoms with E-state index in [1.54, 1.807) is 0 Å². The van der Waals surface area contributed by atoms with Crippen molar-refractivity contribution in [2.24, 2.45) is 0 Å². The Bertz CT molecular complexity index is 1830. The molecule has 7 rings (SSSR count). The summed E-state index contributed by atoms with van der Waals surface area (Å²) in [7, 11) is 0. The molecule has 0 atom stereocenters. The molecule has 1 nitrogen and oxygen atoms in total. The van der Waals surface area contributed by atoms with Crippen molar-refractivity contribution in [1.82, 2.24) is 0 Å². The molecule has 0 aliphatic heterocycles. The predicted molar refractivity (Wildman–Crippen MR) is 170 cm³/mol. The van der Waals surface area contributed by atoms with Crippen LogP contribution in [0.3, 0.4) is 0 Å². The van der Waals surface area contributed by atoms with Gasteiger partial charge >= 0.3 is 0 Å². The summed E-state index contributed by atoms with van der Waals surface area (Å²) >= 11 is 0.